The van der Waals surface area contributed by atoms with Gasteiger partial charge in [0.25, 0.3) is 0 Å². The van der Waals surface area contributed by atoms with E-state index in [4.69, 9.17) is 0 Å². The summed E-state index contributed by atoms with van der Waals surface area (Å²) >= 11 is 0. The Morgan fingerprint density at radius 1 is 1.00 bits per heavy atom. The quantitative estimate of drug-likeness (QED) is 0.557. The maximum Gasteiger partial charge on any atom is 0.248 e. The van der Waals surface area contributed by atoms with Crippen molar-refractivity contribution < 1.29 is 14.4 Å². The number of hydrogen-bond acceptors (Lipinski definition) is 3. The van der Waals surface area contributed by atoms with Crippen molar-refractivity contribution in [3.63, 3.8) is 0 Å². The van der Waals surface area contributed by atoms with Gasteiger partial charge < -0.3 is 10.6 Å². The molecule has 6 heteroatoms. The van der Waals surface area contributed by atoms with Gasteiger partial charge in [0.15, 0.2) is 0 Å². The Morgan fingerprint density at radius 3 is 2.45 bits per heavy atom. The van der Waals surface area contributed by atoms with Crippen LogP contribution >= 0.6 is 0 Å². The third-order valence-electron chi connectivity index (χ3n) is 5.51. The van der Waals surface area contributed by atoms with Gasteiger partial charge in [-0.2, -0.15) is 0 Å². The van der Waals surface area contributed by atoms with E-state index in [1.165, 1.54) is 4.90 Å². The van der Waals surface area contributed by atoms with Gasteiger partial charge in [0.1, 0.15) is 6.04 Å². The molecule has 3 amide bonds. The van der Waals surface area contributed by atoms with Crippen LogP contribution in [0.5, 0.6) is 0 Å². The van der Waals surface area contributed by atoms with Gasteiger partial charge in [-0.1, -0.05) is 62.4 Å². The first kappa shape index (κ1) is 22.5. The minimum Gasteiger partial charge on any atom is -0.326 e. The number of rotatable bonds is 9. The van der Waals surface area contributed by atoms with Crippen molar-refractivity contribution >= 4 is 34.8 Å². The van der Waals surface area contributed by atoms with Crippen molar-refractivity contribution in [2.45, 2.75) is 64.8 Å². The number of nitrogens with one attached hydrogen (secondary N) is 2. The Kier molecular flexibility index (Phi) is 7.82. The number of fused-ring (bicyclic) bond motifs is 1. The van der Waals surface area contributed by atoms with Crippen LogP contribution in [-0.2, 0) is 14.4 Å². The van der Waals surface area contributed by atoms with Crippen LogP contribution < -0.4 is 15.5 Å². The number of carbonyl (C=O) groups excluding carboxylic acids is 3. The third kappa shape index (κ3) is 5.94. The van der Waals surface area contributed by atoms with Crippen molar-refractivity contribution in [3.8, 4) is 0 Å². The van der Waals surface area contributed by atoms with Crippen LogP contribution in [0.4, 0.5) is 17.1 Å². The summed E-state index contributed by atoms with van der Waals surface area (Å²) in [6.45, 7) is 4.13. The Morgan fingerprint density at radius 2 is 1.71 bits per heavy atom. The lowest BCUT2D eigenvalue weighted by Crippen LogP contribution is -2.52. The van der Waals surface area contributed by atoms with Crippen LogP contribution in [0.2, 0.25) is 0 Å². The Bertz CT molecular complexity index is 924. The maximum atomic E-state index is 13.1. The summed E-state index contributed by atoms with van der Waals surface area (Å²) in [4.78, 5) is 40.2. The normalized spacial score (nSPS) is 15.2. The highest BCUT2D eigenvalue weighted by atomic mass is 16.2. The Balaban J connectivity index is 1.74. The summed E-state index contributed by atoms with van der Waals surface area (Å²) in [6, 6.07) is 13.8. The molecule has 0 saturated heterocycles. The van der Waals surface area contributed by atoms with E-state index in [1.807, 2.05) is 49.4 Å². The van der Waals surface area contributed by atoms with E-state index >= 15 is 0 Å². The molecule has 0 fully saturated rings. The zero-order valence-corrected chi connectivity index (χ0v) is 18.3. The van der Waals surface area contributed by atoms with Crippen LogP contribution in [0.3, 0.4) is 0 Å². The minimum absolute atomic E-state index is 0.102. The lowest BCUT2D eigenvalue weighted by molar-refractivity contribution is -0.126. The second-order valence-corrected chi connectivity index (χ2v) is 8.07. The molecule has 0 unspecified atom stereocenters. The van der Waals surface area contributed by atoms with Gasteiger partial charge in [0.05, 0.1) is 17.8 Å². The third-order valence-corrected chi connectivity index (χ3v) is 5.51. The van der Waals surface area contributed by atoms with E-state index in [2.05, 4.69) is 17.6 Å². The van der Waals surface area contributed by atoms with Crippen molar-refractivity contribution in [1.82, 2.24) is 0 Å². The fourth-order valence-electron chi connectivity index (χ4n) is 3.81. The Hall–Kier alpha value is -3.15. The average Bonchev–Trinajstić information content (AvgIpc) is 2.75. The second kappa shape index (κ2) is 10.8. The zero-order valence-electron chi connectivity index (χ0n) is 18.3. The van der Waals surface area contributed by atoms with Crippen LogP contribution in [0, 0.1) is 6.92 Å². The molecule has 0 aliphatic carbocycles. The molecule has 0 aromatic heterocycles. The van der Waals surface area contributed by atoms with Gasteiger partial charge in [-0.15, -0.1) is 0 Å². The molecule has 3 rings (SSSR count). The largest absolute Gasteiger partial charge is 0.326 e. The Labute approximate surface area is 184 Å². The minimum atomic E-state index is -0.872. The number of amides is 3. The van der Waals surface area contributed by atoms with E-state index in [0.29, 0.717) is 23.5 Å². The monoisotopic (exact) mass is 421 g/mol. The van der Waals surface area contributed by atoms with E-state index in [9.17, 15) is 14.4 Å². The lowest BCUT2D eigenvalue weighted by atomic mass is 10.0. The number of aryl methyl sites for hydroxylation is 1. The molecule has 0 saturated carbocycles. The molecule has 31 heavy (non-hydrogen) atoms. The predicted octanol–water partition coefficient (Wildman–Crippen LogP) is 5.04. The molecule has 164 valence electrons. The first-order valence-corrected chi connectivity index (χ1v) is 11.1. The second-order valence-electron chi connectivity index (χ2n) is 8.07. The lowest BCUT2D eigenvalue weighted by Gasteiger charge is -2.36. The zero-order chi connectivity index (χ0) is 22.2. The molecule has 1 aliphatic rings. The summed E-state index contributed by atoms with van der Waals surface area (Å²) in [5.74, 6) is -0.756. The number of carbonyl (C=O) groups is 3. The first-order chi connectivity index (χ1) is 15.0. The topological polar surface area (TPSA) is 78.5 Å². The van der Waals surface area contributed by atoms with Gasteiger partial charge in [-0.25, -0.2) is 0 Å². The highest BCUT2D eigenvalue weighted by molar-refractivity contribution is 6.13. The van der Waals surface area contributed by atoms with Crippen molar-refractivity contribution in [1.29, 1.82) is 0 Å². The average molecular weight is 422 g/mol. The van der Waals surface area contributed by atoms with E-state index in [1.54, 1.807) is 6.07 Å². The van der Waals surface area contributed by atoms with Crippen LogP contribution in [0.1, 0.15) is 57.4 Å². The van der Waals surface area contributed by atoms with Gasteiger partial charge in [-0.05, 0) is 37.6 Å². The van der Waals surface area contributed by atoms with Crippen LogP contribution in [-0.4, -0.2) is 23.8 Å². The first-order valence-electron chi connectivity index (χ1n) is 11.1. The van der Waals surface area contributed by atoms with Gasteiger partial charge in [-0.3, -0.25) is 19.3 Å². The summed E-state index contributed by atoms with van der Waals surface area (Å²) in [7, 11) is 0. The smallest absolute Gasteiger partial charge is 0.248 e. The molecular formula is C25H31N3O3. The van der Waals surface area contributed by atoms with E-state index in [-0.39, 0.29) is 24.1 Å². The SMILES string of the molecule is CCCCCCCC(=O)N1c2ccccc2NC(=O)[C@@H]1CC(=O)Nc1ccc(C)cc1. The van der Waals surface area contributed by atoms with Crippen molar-refractivity contribution in [2.75, 3.05) is 15.5 Å². The molecule has 1 heterocycles. The molecule has 1 atom stereocenters. The summed E-state index contributed by atoms with van der Waals surface area (Å²) in [6.07, 6.45) is 5.43. The molecule has 0 bridgehead atoms. The van der Waals surface area contributed by atoms with Crippen molar-refractivity contribution in [2.24, 2.45) is 0 Å². The highest BCUT2D eigenvalue weighted by Gasteiger charge is 2.37. The summed E-state index contributed by atoms with van der Waals surface area (Å²) in [5.41, 5.74) is 3.01. The molecule has 0 radical (unpaired) electrons. The molecule has 1 aliphatic heterocycles. The van der Waals surface area contributed by atoms with Gasteiger partial charge in [0.2, 0.25) is 17.7 Å². The van der Waals surface area contributed by atoms with Crippen LogP contribution in [0.15, 0.2) is 48.5 Å². The number of nitrogens with zero attached hydrogens (tertiary/aromatic N) is 1. The highest BCUT2D eigenvalue weighted by Crippen LogP contribution is 2.33. The standard InChI is InChI=1S/C25H31N3O3/c1-3-4-5-6-7-12-24(30)28-21-11-9-8-10-20(21)27-25(31)22(28)17-23(29)26-19-15-13-18(2)14-16-19/h8-11,13-16,22H,3-7,12,17H2,1-2H3,(H,26,29)(H,27,31)/t22-/m0/s1. The van der Waals surface area contributed by atoms with E-state index in [0.717, 1.165) is 37.7 Å². The number of anilines is 3. The molecule has 2 N–H and O–H groups in total. The molecule has 6 nitrogen and oxygen atoms in total. The molecular weight excluding hydrogens is 390 g/mol. The fraction of sp³-hybridized carbons (Fsp3) is 0.400. The number of hydrogen-bond donors (Lipinski definition) is 2. The van der Waals surface area contributed by atoms with Gasteiger partial charge >= 0.3 is 0 Å². The number of benzene rings is 2. The van der Waals surface area contributed by atoms with E-state index < -0.39 is 6.04 Å². The number of unbranched alkanes of at least 4 members (excludes halogenated alkanes) is 4. The molecule has 2 aromatic rings. The predicted molar refractivity (Wildman–Crippen MR) is 124 cm³/mol. The summed E-state index contributed by atoms with van der Waals surface area (Å²) in [5, 5.41) is 5.67. The molecule has 2 aromatic carbocycles. The fourth-order valence-corrected chi connectivity index (χ4v) is 3.81. The van der Waals surface area contributed by atoms with Crippen LogP contribution in [0.25, 0.3) is 0 Å². The van der Waals surface area contributed by atoms with Gasteiger partial charge in [0, 0.05) is 12.1 Å². The number of para-hydroxylation sites is 2. The summed E-state index contributed by atoms with van der Waals surface area (Å²) < 4.78 is 0. The maximum absolute atomic E-state index is 13.1. The molecule has 0 spiro atoms. The van der Waals surface area contributed by atoms with Crippen molar-refractivity contribution in [3.05, 3.63) is 54.1 Å².